The fourth-order valence-electron chi connectivity index (χ4n) is 3.14. The number of carbonyl (C=O) groups excluding carboxylic acids is 1. The summed E-state index contributed by atoms with van der Waals surface area (Å²) in [6, 6.07) is 11.4. The van der Waals surface area contributed by atoms with Gasteiger partial charge in [0.25, 0.3) is 5.91 Å². The van der Waals surface area contributed by atoms with Crippen molar-refractivity contribution < 1.29 is 18.8 Å². The van der Waals surface area contributed by atoms with Crippen LogP contribution < -0.4 is 10.2 Å². The molecule has 0 unspecified atom stereocenters. The summed E-state index contributed by atoms with van der Waals surface area (Å²) in [6.45, 7) is 4.32. The van der Waals surface area contributed by atoms with E-state index in [9.17, 15) is 9.18 Å². The first-order valence-corrected chi connectivity index (χ1v) is 8.65. The molecule has 1 aliphatic rings. The lowest BCUT2D eigenvalue weighted by atomic mass is 10.2. The van der Waals surface area contributed by atoms with E-state index in [0.29, 0.717) is 5.69 Å². The third kappa shape index (κ3) is 3.58. The monoisotopic (exact) mass is 355 g/mol. The van der Waals surface area contributed by atoms with Gasteiger partial charge in [-0.2, -0.15) is 0 Å². The first-order chi connectivity index (χ1) is 12.7. The molecule has 1 amide bonds. The van der Waals surface area contributed by atoms with E-state index in [4.69, 9.17) is 4.74 Å². The van der Waals surface area contributed by atoms with Crippen LogP contribution in [0.4, 0.5) is 10.1 Å². The largest absolute Gasteiger partial charge is 0.370 e. The van der Waals surface area contributed by atoms with Crippen LogP contribution in [0.3, 0.4) is 0 Å². The SMILES string of the molecule is O=C(Nc1ccc2nc(C[NH+]3CCOCC3)[nH]c2c1)c1ccccc1F. The van der Waals surface area contributed by atoms with Crippen molar-refractivity contribution in [2.45, 2.75) is 6.54 Å². The highest BCUT2D eigenvalue weighted by Crippen LogP contribution is 2.18. The van der Waals surface area contributed by atoms with Gasteiger partial charge in [-0.25, -0.2) is 9.37 Å². The molecule has 4 rings (SSSR count). The van der Waals surface area contributed by atoms with E-state index in [-0.39, 0.29) is 5.56 Å². The predicted octanol–water partition coefficient (Wildman–Crippen LogP) is 1.37. The summed E-state index contributed by atoms with van der Waals surface area (Å²) in [5.74, 6) is -0.0992. The van der Waals surface area contributed by atoms with Crippen LogP contribution in [0.1, 0.15) is 16.2 Å². The maximum Gasteiger partial charge on any atom is 0.258 e. The molecular weight excluding hydrogens is 335 g/mol. The third-order valence-electron chi connectivity index (χ3n) is 4.52. The van der Waals surface area contributed by atoms with Crippen molar-refractivity contribution in [2.75, 3.05) is 31.6 Å². The third-order valence-corrected chi connectivity index (χ3v) is 4.52. The molecule has 7 heteroatoms. The highest BCUT2D eigenvalue weighted by molar-refractivity contribution is 6.05. The number of hydrogen-bond donors (Lipinski definition) is 3. The van der Waals surface area contributed by atoms with Crippen molar-refractivity contribution >= 4 is 22.6 Å². The number of aromatic amines is 1. The van der Waals surface area contributed by atoms with Crippen LogP contribution in [-0.4, -0.2) is 42.2 Å². The molecule has 26 heavy (non-hydrogen) atoms. The maximum absolute atomic E-state index is 13.7. The first kappa shape index (κ1) is 16.7. The normalized spacial score (nSPS) is 15.3. The lowest BCUT2D eigenvalue weighted by Gasteiger charge is -2.22. The number of imidazole rings is 1. The van der Waals surface area contributed by atoms with Gasteiger partial charge in [-0.15, -0.1) is 0 Å². The first-order valence-electron chi connectivity index (χ1n) is 8.65. The van der Waals surface area contributed by atoms with Gasteiger partial charge in [0.15, 0.2) is 5.82 Å². The minimum absolute atomic E-state index is 0.0221. The molecule has 2 aromatic carbocycles. The molecule has 3 aromatic rings. The van der Waals surface area contributed by atoms with Gasteiger partial charge in [0, 0.05) is 5.69 Å². The number of H-pyrrole nitrogens is 1. The molecule has 1 aromatic heterocycles. The Morgan fingerprint density at radius 3 is 2.85 bits per heavy atom. The Labute approximate surface area is 150 Å². The molecule has 0 bridgehead atoms. The van der Waals surface area contributed by atoms with E-state index in [1.165, 1.54) is 17.0 Å². The van der Waals surface area contributed by atoms with Crippen LogP contribution in [0.5, 0.6) is 0 Å². The van der Waals surface area contributed by atoms with Crippen molar-refractivity contribution in [3.63, 3.8) is 0 Å². The standard InChI is InChI=1S/C19H19FN4O2/c20-15-4-2-1-3-14(15)19(25)21-13-5-6-16-17(11-13)23-18(22-16)12-24-7-9-26-10-8-24/h1-6,11H,7-10,12H2,(H,21,25)(H,22,23)/p+1. The number of rotatable bonds is 4. The summed E-state index contributed by atoms with van der Waals surface area (Å²) in [4.78, 5) is 21.6. The molecule has 0 spiro atoms. The molecule has 0 radical (unpaired) electrons. The second-order valence-corrected chi connectivity index (χ2v) is 6.39. The van der Waals surface area contributed by atoms with Crippen LogP contribution in [0.15, 0.2) is 42.5 Å². The zero-order valence-electron chi connectivity index (χ0n) is 14.2. The number of carbonyl (C=O) groups is 1. The number of quaternary nitrogens is 1. The fourth-order valence-corrected chi connectivity index (χ4v) is 3.14. The topological polar surface area (TPSA) is 71.4 Å². The number of halogens is 1. The van der Waals surface area contributed by atoms with Gasteiger partial charge in [-0.1, -0.05) is 12.1 Å². The number of amides is 1. The number of hydrogen-bond acceptors (Lipinski definition) is 3. The van der Waals surface area contributed by atoms with Crippen molar-refractivity contribution in [2.24, 2.45) is 0 Å². The Hall–Kier alpha value is -2.77. The van der Waals surface area contributed by atoms with Crippen LogP contribution in [0, 0.1) is 5.82 Å². The molecular formula is C19H20FN4O2+. The smallest absolute Gasteiger partial charge is 0.258 e. The van der Waals surface area contributed by atoms with Crippen LogP contribution in [0.2, 0.25) is 0 Å². The van der Waals surface area contributed by atoms with E-state index in [2.05, 4.69) is 15.3 Å². The molecule has 2 heterocycles. The number of morpholine rings is 1. The van der Waals surface area contributed by atoms with E-state index >= 15 is 0 Å². The average Bonchev–Trinajstić information content (AvgIpc) is 3.04. The minimum Gasteiger partial charge on any atom is -0.370 e. The zero-order chi connectivity index (χ0) is 17.9. The van der Waals surface area contributed by atoms with Gasteiger partial charge < -0.3 is 19.9 Å². The summed E-state index contributed by atoms with van der Waals surface area (Å²) < 4.78 is 19.1. The van der Waals surface area contributed by atoms with Crippen molar-refractivity contribution in [1.82, 2.24) is 9.97 Å². The fraction of sp³-hybridized carbons (Fsp3) is 0.263. The zero-order valence-corrected chi connectivity index (χ0v) is 14.2. The molecule has 1 aliphatic heterocycles. The maximum atomic E-state index is 13.7. The molecule has 134 valence electrons. The number of aromatic nitrogens is 2. The van der Waals surface area contributed by atoms with E-state index in [0.717, 1.165) is 49.7 Å². The lowest BCUT2D eigenvalue weighted by Crippen LogP contribution is -3.12. The van der Waals surface area contributed by atoms with Crippen molar-refractivity contribution in [3.8, 4) is 0 Å². The summed E-state index contributed by atoms with van der Waals surface area (Å²) in [7, 11) is 0. The summed E-state index contributed by atoms with van der Waals surface area (Å²) >= 11 is 0. The Bertz CT molecular complexity index is 934. The van der Waals surface area contributed by atoms with Crippen LogP contribution in [0.25, 0.3) is 11.0 Å². The quantitative estimate of drug-likeness (QED) is 0.662. The second kappa shape index (κ2) is 7.23. The van der Waals surface area contributed by atoms with Crippen LogP contribution in [-0.2, 0) is 11.3 Å². The van der Waals surface area contributed by atoms with Gasteiger partial charge in [0.2, 0.25) is 0 Å². The van der Waals surface area contributed by atoms with E-state index in [1.807, 2.05) is 12.1 Å². The van der Waals surface area contributed by atoms with Gasteiger partial charge in [-0.3, -0.25) is 4.79 Å². The molecule has 1 fully saturated rings. The van der Waals surface area contributed by atoms with E-state index < -0.39 is 11.7 Å². The van der Waals surface area contributed by atoms with Gasteiger partial charge in [0.05, 0.1) is 29.8 Å². The average molecular weight is 355 g/mol. The molecule has 0 aliphatic carbocycles. The Balaban J connectivity index is 1.50. The molecule has 6 nitrogen and oxygen atoms in total. The molecule has 0 saturated carbocycles. The second-order valence-electron chi connectivity index (χ2n) is 6.39. The minimum atomic E-state index is -0.539. The Morgan fingerprint density at radius 2 is 2.04 bits per heavy atom. The van der Waals surface area contributed by atoms with Gasteiger partial charge in [-0.05, 0) is 30.3 Å². The summed E-state index contributed by atoms with van der Waals surface area (Å²) in [6.07, 6.45) is 0. The number of benzene rings is 2. The molecule has 0 atom stereocenters. The number of nitrogens with one attached hydrogen (secondary N) is 3. The summed E-state index contributed by atoms with van der Waals surface area (Å²) in [5.41, 5.74) is 2.31. The van der Waals surface area contributed by atoms with Crippen molar-refractivity contribution in [3.05, 3.63) is 59.7 Å². The lowest BCUT2D eigenvalue weighted by molar-refractivity contribution is -0.922. The Morgan fingerprint density at radius 1 is 1.23 bits per heavy atom. The number of fused-ring (bicyclic) bond motifs is 1. The molecule has 1 saturated heterocycles. The number of anilines is 1. The molecule has 3 N–H and O–H groups in total. The van der Waals surface area contributed by atoms with Crippen LogP contribution >= 0.6 is 0 Å². The number of nitrogens with zero attached hydrogens (tertiary/aromatic N) is 1. The predicted molar refractivity (Wildman–Crippen MR) is 95.7 cm³/mol. The summed E-state index contributed by atoms with van der Waals surface area (Å²) in [5, 5.41) is 2.73. The highest BCUT2D eigenvalue weighted by atomic mass is 19.1. The van der Waals surface area contributed by atoms with Gasteiger partial charge in [0.1, 0.15) is 25.5 Å². The highest BCUT2D eigenvalue weighted by Gasteiger charge is 2.17. The number of ether oxygens (including phenoxy) is 1. The van der Waals surface area contributed by atoms with Gasteiger partial charge >= 0.3 is 0 Å². The Kier molecular flexibility index (Phi) is 4.64. The van der Waals surface area contributed by atoms with Crippen molar-refractivity contribution in [1.29, 1.82) is 0 Å². The van der Waals surface area contributed by atoms with E-state index in [1.54, 1.807) is 18.2 Å².